The van der Waals surface area contributed by atoms with E-state index in [1.165, 1.54) is 0 Å². The van der Waals surface area contributed by atoms with Crippen LogP contribution in [0.2, 0.25) is 5.02 Å². The molecule has 0 aliphatic heterocycles. The van der Waals surface area contributed by atoms with E-state index in [-0.39, 0.29) is 11.9 Å². The van der Waals surface area contributed by atoms with Crippen molar-refractivity contribution in [1.82, 2.24) is 15.5 Å². The van der Waals surface area contributed by atoms with Gasteiger partial charge in [-0.15, -0.1) is 0 Å². The number of nitrogens with zero attached hydrogens (tertiary/aromatic N) is 1. The topological polar surface area (TPSA) is 57.8 Å². The number of carbonyl (C=O) groups is 1. The molecule has 2 aromatic rings. The first-order valence-electron chi connectivity index (χ1n) is 5.32. The molecule has 1 heterocycles. The van der Waals surface area contributed by atoms with E-state index in [9.17, 15) is 4.79 Å². The minimum Gasteiger partial charge on any atom is -0.345 e. The first-order chi connectivity index (χ1) is 8.56. The predicted octanol–water partition coefficient (Wildman–Crippen LogP) is 3.32. The van der Waals surface area contributed by atoms with Gasteiger partial charge in [-0.3, -0.25) is 9.89 Å². The zero-order chi connectivity index (χ0) is 13.1. The van der Waals surface area contributed by atoms with E-state index in [1.807, 2.05) is 6.92 Å². The molecule has 1 aromatic carbocycles. The molecule has 2 N–H and O–H groups in total. The van der Waals surface area contributed by atoms with Gasteiger partial charge in [-0.1, -0.05) is 27.5 Å². The van der Waals surface area contributed by atoms with Gasteiger partial charge >= 0.3 is 0 Å². The Morgan fingerprint density at radius 2 is 2.28 bits per heavy atom. The Morgan fingerprint density at radius 3 is 2.89 bits per heavy atom. The van der Waals surface area contributed by atoms with E-state index in [2.05, 4.69) is 31.4 Å². The van der Waals surface area contributed by atoms with Crippen molar-refractivity contribution >= 4 is 33.4 Å². The van der Waals surface area contributed by atoms with Crippen LogP contribution in [-0.4, -0.2) is 16.1 Å². The molecule has 0 bridgehead atoms. The van der Waals surface area contributed by atoms with Crippen molar-refractivity contribution in [2.45, 2.75) is 13.0 Å². The van der Waals surface area contributed by atoms with Gasteiger partial charge in [0.25, 0.3) is 5.91 Å². The molecule has 18 heavy (non-hydrogen) atoms. The van der Waals surface area contributed by atoms with Crippen molar-refractivity contribution in [3.8, 4) is 0 Å². The molecule has 6 heteroatoms. The summed E-state index contributed by atoms with van der Waals surface area (Å²) in [5.41, 5.74) is 1.44. The maximum Gasteiger partial charge on any atom is 0.251 e. The largest absolute Gasteiger partial charge is 0.345 e. The van der Waals surface area contributed by atoms with Crippen molar-refractivity contribution in [1.29, 1.82) is 0 Å². The van der Waals surface area contributed by atoms with E-state index >= 15 is 0 Å². The van der Waals surface area contributed by atoms with Crippen LogP contribution in [0, 0.1) is 0 Å². The number of halogens is 2. The Bertz CT molecular complexity index is 536. The van der Waals surface area contributed by atoms with Gasteiger partial charge in [0.05, 0.1) is 12.2 Å². The summed E-state index contributed by atoms with van der Waals surface area (Å²) in [7, 11) is 0. The van der Waals surface area contributed by atoms with Crippen LogP contribution in [0.3, 0.4) is 0 Å². The summed E-state index contributed by atoms with van der Waals surface area (Å²) in [6.45, 7) is 1.89. The molecule has 0 fully saturated rings. The fraction of sp³-hybridized carbons (Fsp3) is 0.167. The van der Waals surface area contributed by atoms with Crippen LogP contribution in [0.5, 0.6) is 0 Å². The number of amides is 1. The molecule has 1 aromatic heterocycles. The summed E-state index contributed by atoms with van der Waals surface area (Å²) in [6, 6.07) is 4.97. The molecule has 0 spiro atoms. The lowest BCUT2D eigenvalue weighted by Crippen LogP contribution is -2.26. The van der Waals surface area contributed by atoms with Crippen LogP contribution < -0.4 is 5.32 Å². The first-order valence-corrected chi connectivity index (χ1v) is 6.49. The second-order valence-corrected chi connectivity index (χ2v) is 5.24. The van der Waals surface area contributed by atoms with Crippen LogP contribution in [0.25, 0.3) is 0 Å². The van der Waals surface area contributed by atoms with E-state index in [0.29, 0.717) is 10.6 Å². The lowest BCUT2D eigenvalue weighted by molar-refractivity contribution is 0.0940. The second-order valence-electron chi connectivity index (χ2n) is 3.88. The van der Waals surface area contributed by atoms with Gasteiger partial charge in [0.15, 0.2) is 0 Å². The quantitative estimate of drug-likeness (QED) is 0.908. The lowest BCUT2D eigenvalue weighted by Gasteiger charge is -2.12. The van der Waals surface area contributed by atoms with E-state index in [1.54, 1.807) is 30.6 Å². The predicted molar refractivity (Wildman–Crippen MR) is 73.6 cm³/mol. The van der Waals surface area contributed by atoms with Crippen molar-refractivity contribution in [3.05, 3.63) is 51.2 Å². The zero-order valence-electron chi connectivity index (χ0n) is 9.58. The van der Waals surface area contributed by atoms with Gasteiger partial charge in [0, 0.05) is 26.8 Å². The molecule has 1 atom stereocenters. The molecule has 0 aliphatic carbocycles. The number of H-pyrrole nitrogens is 1. The third-order valence-corrected chi connectivity index (χ3v) is 3.17. The lowest BCUT2D eigenvalue weighted by atomic mass is 10.1. The zero-order valence-corrected chi connectivity index (χ0v) is 11.9. The number of nitrogens with one attached hydrogen (secondary N) is 2. The van der Waals surface area contributed by atoms with Gasteiger partial charge in [0.1, 0.15) is 0 Å². The van der Waals surface area contributed by atoms with Gasteiger partial charge in [0.2, 0.25) is 0 Å². The molecule has 1 unspecified atom stereocenters. The number of hydrogen-bond acceptors (Lipinski definition) is 2. The summed E-state index contributed by atoms with van der Waals surface area (Å²) >= 11 is 9.21. The highest BCUT2D eigenvalue weighted by Gasteiger charge is 2.13. The van der Waals surface area contributed by atoms with Crippen molar-refractivity contribution in [2.75, 3.05) is 0 Å². The average Bonchev–Trinajstić information content (AvgIpc) is 2.80. The van der Waals surface area contributed by atoms with Crippen LogP contribution in [-0.2, 0) is 0 Å². The van der Waals surface area contributed by atoms with Gasteiger partial charge in [-0.25, -0.2) is 0 Å². The van der Waals surface area contributed by atoms with Crippen LogP contribution in [0.1, 0.15) is 28.9 Å². The third kappa shape index (κ3) is 3.11. The highest BCUT2D eigenvalue weighted by atomic mass is 79.9. The Balaban J connectivity index is 2.12. The number of hydrogen-bond donors (Lipinski definition) is 2. The van der Waals surface area contributed by atoms with Crippen molar-refractivity contribution in [2.24, 2.45) is 0 Å². The Kier molecular flexibility index (Phi) is 4.04. The molecule has 0 radical (unpaired) electrons. The highest BCUT2D eigenvalue weighted by Crippen LogP contribution is 2.20. The number of aromatic nitrogens is 2. The highest BCUT2D eigenvalue weighted by molar-refractivity contribution is 9.10. The van der Waals surface area contributed by atoms with Crippen LogP contribution >= 0.6 is 27.5 Å². The van der Waals surface area contributed by atoms with E-state index in [4.69, 9.17) is 11.6 Å². The standard InChI is InChI=1S/C12H11BrClN3O/c1-7(9-5-15-16-6-9)17-12(18)8-2-10(13)4-11(14)3-8/h2-7H,1H3,(H,15,16)(H,17,18). The smallest absolute Gasteiger partial charge is 0.251 e. The molecule has 0 saturated heterocycles. The number of rotatable bonds is 3. The SMILES string of the molecule is CC(NC(=O)c1cc(Cl)cc(Br)c1)c1cn[nH]c1. The summed E-state index contributed by atoms with van der Waals surface area (Å²) in [5.74, 6) is -0.174. The minimum absolute atomic E-state index is 0.117. The first kappa shape index (κ1) is 13.1. The van der Waals surface area contributed by atoms with Crippen molar-refractivity contribution < 1.29 is 4.79 Å². The molecule has 0 aliphatic rings. The summed E-state index contributed by atoms with van der Waals surface area (Å²) < 4.78 is 0.774. The fourth-order valence-electron chi connectivity index (χ4n) is 1.55. The van der Waals surface area contributed by atoms with Crippen molar-refractivity contribution in [3.63, 3.8) is 0 Å². The summed E-state index contributed by atoms with van der Waals surface area (Å²) in [5, 5.41) is 9.95. The van der Waals surface area contributed by atoms with Gasteiger partial charge in [-0.2, -0.15) is 5.10 Å². The fourth-order valence-corrected chi connectivity index (χ4v) is 2.41. The molecule has 2 rings (SSSR count). The number of aromatic amines is 1. The Morgan fingerprint density at radius 1 is 1.50 bits per heavy atom. The number of benzene rings is 1. The Hall–Kier alpha value is -1.33. The van der Waals surface area contributed by atoms with E-state index in [0.717, 1.165) is 10.0 Å². The molecular weight excluding hydrogens is 318 g/mol. The molecule has 4 nitrogen and oxygen atoms in total. The monoisotopic (exact) mass is 327 g/mol. The maximum atomic E-state index is 12.0. The Labute approximate surface area is 118 Å². The van der Waals surface area contributed by atoms with Crippen LogP contribution in [0.15, 0.2) is 35.1 Å². The molecule has 1 amide bonds. The number of carbonyl (C=O) groups excluding carboxylic acids is 1. The summed E-state index contributed by atoms with van der Waals surface area (Å²) in [4.78, 5) is 12.0. The van der Waals surface area contributed by atoms with Gasteiger partial charge < -0.3 is 5.32 Å². The third-order valence-electron chi connectivity index (χ3n) is 2.49. The second kappa shape index (κ2) is 5.54. The maximum absolute atomic E-state index is 12.0. The van der Waals surface area contributed by atoms with Gasteiger partial charge in [-0.05, 0) is 25.1 Å². The van der Waals surface area contributed by atoms with Crippen LogP contribution in [0.4, 0.5) is 0 Å². The van der Waals surface area contributed by atoms with E-state index < -0.39 is 0 Å². The average molecular weight is 329 g/mol. The molecular formula is C12H11BrClN3O. The minimum atomic E-state index is -0.174. The summed E-state index contributed by atoms with van der Waals surface area (Å²) in [6.07, 6.45) is 3.43. The molecule has 0 saturated carbocycles. The normalized spacial score (nSPS) is 12.2. The molecule has 94 valence electrons.